The summed E-state index contributed by atoms with van der Waals surface area (Å²) in [6.45, 7) is 9.35. The maximum Gasteiger partial charge on any atom is 0.119 e. The molecule has 0 radical (unpaired) electrons. The second-order valence-electron chi connectivity index (χ2n) is 5.64. The van der Waals surface area contributed by atoms with Crippen molar-refractivity contribution in [1.29, 1.82) is 0 Å². The topological polar surface area (TPSA) is 35.2 Å². The average molecular weight is 235 g/mol. The van der Waals surface area contributed by atoms with Crippen LogP contribution in [0.2, 0.25) is 0 Å². The number of benzene rings is 1. The smallest absolute Gasteiger partial charge is 0.119 e. The monoisotopic (exact) mass is 235 g/mol. The van der Waals surface area contributed by atoms with E-state index in [0.717, 1.165) is 18.6 Å². The zero-order valence-electron chi connectivity index (χ0n) is 11.5. The van der Waals surface area contributed by atoms with E-state index in [0.29, 0.717) is 6.61 Å². The third-order valence-corrected chi connectivity index (χ3v) is 2.82. The molecule has 1 rings (SSSR count). The lowest BCUT2D eigenvalue weighted by atomic mass is 9.87. The summed E-state index contributed by atoms with van der Waals surface area (Å²) in [6, 6.07) is 8.42. The Hall–Kier alpha value is -1.02. The predicted octanol–water partition coefficient (Wildman–Crippen LogP) is 3.49. The number of nitrogens with two attached hydrogens (primary N) is 1. The minimum atomic E-state index is 0.137. The largest absolute Gasteiger partial charge is 0.492 e. The normalized spacial score (nSPS) is 13.5. The summed E-state index contributed by atoms with van der Waals surface area (Å²) >= 11 is 0. The summed E-state index contributed by atoms with van der Waals surface area (Å²) in [4.78, 5) is 0. The molecule has 1 unspecified atom stereocenters. The highest BCUT2D eigenvalue weighted by Gasteiger charge is 2.14. The molecule has 0 saturated carbocycles. The number of hydrogen-bond donors (Lipinski definition) is 1. The lowest BCUT2D eigenvalue weighted by Gasteiger charge is -2.20. The fraction of sp³-hybridized carbons (Fsp3) is 0.600. The van der Waals surface area contributed by atoms with E-state index < -0.39 is 0 Å². The lowest BCUT2D eigenvalue weighted by molar-refractivity contribution is 0.281. The van der Waals surface area contributed by atoms with E-state index >= 15 is 0 Å². The van der Waals surface area contributed by atoms with Gasteiger partial charge in [0.15, 0.2) is 0 Å². The van der Waals surface area contributed by atoms with E-state index in [-0.39, 0.29) is 11.5 Å². The van der Waals surface area contributed by atoms with Gasteiger partial charge in [-0.2, -0.15) is 0 Å². The van der Waals surface area contributed by atoms with Crippen molar-refractivity contribution in [2.24, 2.45) is 5.73 Å². The quantitative estimate of drug-likeness (QED) is 0.848. The molecule has 2 N–H and O–H groups in total. The van der Waals surface area contributed by atoms with Crippen LogP contribution >= 0.6 is 0 Å². The molecule has 0 heterocycles. The molecule has 2 heteroatoms. The van der Waals surface area contributed by atoms with E-state index in [2.05, 4.69) is 39.8 Å². The Morgan fingerprint density at radius 1 is 1.29 bits per heavy atom. The molecule has 1 aromatic rings. The minimum Gasteiger partial charge on any atom is -0.492 e. The third-order valence-electron chi connectivity index (χ3n) is 2.82. The molecule has 1 aromatic carbocycles. The van der Waals surface area contributed by atoms with E-state index in [1.54, 1.807) is 0 Å². The zero-order chi connectivity index (χ0) is 12.9. The van der Waals surface area contributed by atoms with Crippen LogP contribution in [-0.2, 0) is 5.41 Å². The van der Waals surface area contributed by atoms with Gasteiger partial charge < -0.3 is 10.5 Å². The fourth-order valence-electron chi connectivity index (χ4n) is 1.71. The van der Waals surface area contributed by atoms with Crippen LogP contribution in [0.15, 0.2) is 24.3 Å². The van der Waals surface area contributed by atoms with Gasteiger partial charge in [-0.05, 0) is 29.5 Å². The van der Waals surface area contributed by atoms with Crippen LogP contribution in [0.5, 0.6) is 5.75 Å². The van der Waals surface area contributed by atoms with E-state index in [4.69, 9.17) is 10.5 Å². The van der Waals surface area contributed by atoms with Crippen molar-refractivity contribution >= 4 is 0 Å². The van der Waals surface area contributed by atoms with Crippen molar-refractivity contribution < 1.29 is 4.74 Å². The Morgan fingerprint density at radius 3 is 2.59 bits per heavy atom. The summed E-state index contributed by atoms with van der Waals surface area (Å²) in [5.41, 5.74) is 7.38. The Labute approximate surface area is 105 Å². The molecule has 0 bridgehead atoms. The van der Waals surface area contributed by atoms with Crippen molar-refractivity contribution in [3.63, 3.8) is 0 Å². The van der Waals surface area contributed by atoms with Crippen molar-refractivity contribution in [3.8, 4) is 5.75 Å². The van der Waals surface area contributed by atoms with E-state index in [1.807, 2.05) is 12.1 Å². The summed E-state index contributed by atoms with van der Waals surface area (Å²) in [6.07, 6.45) is 2.12. The molecule has 0 aliphatic rings. The first kappa shape index (κ1) is 14.0. The second kappa shape index (κ2) is 6.06. The molecule has 2 nitrogen and oxygen atoms in total. The highest BCUT2D eigenvalue weighted by Crippen LogP contribution is 2.25. The Balaban J connectivity index is 2.60. The Bertz CT molecular complexity index is 341. The van der Waals surface area contributed by atoms with Crippen LogP contribution in [0.1, 0.15) is 46.1 Å². The van der Waals surface area contributed by atoms with Gasteiger partial charge in [0.25, 0.3) is 0 Å². The number of rotatable bonds is 5. The first-order valence-electron chi connectivity index (χ1n) is 6.42. The molecule has 0 aromatic heterocycles. The molecule has 1 atom stereocenters. The van der Waals surface area contributed by atoms with Gasteiger partial charge in [-0.3, -0.25) is 0 Å². The molecular weight excluding hydrogens is 210 g/mol. The van der Waals surface area contributed by atoms with Gasteiger partial charge in [0, 0.05) is 6.04 Å². The van der Waals surface area contributed by atoms with Crippen LogP contribution in [-0.4, -0.2) is 12.6 Å². The fourth-order valence-corrected chi connectivity index (χ4v) is 1.71. The van der Waals surface area contributed by atoms with Crippen LogP contribution in [0.3, 0.4) is 0 Å². The van der Waals surface area contributed by atoms with Gasteiger partial charge in [0.1, 0.15) is 12.4 Å². The van der Waals surface area contributed by atoms with Crippen molar-refractivity contribution in [3.05, 3.63) is 29.8 Å². The molecule has 0 fully saturated rings. The highest BCUT2D eigenvalue weighted by molar-refractivity contribution is 5.32. The third kappa shape index (κ3) is 4.78. The summed E-state index contributed by atoms with van der Waals surface area (Å²) in [7, 11) is 0. The van der Waals surface area contributed by atoms with Gasteiger partial charge in [0.05, 0.1) is 0 Å². The molecule has 0 saturated heterocycles. The van der Waals surface area contributed by atoms with Crippen LogP contribution in [0, 0.1) is 0 Å². The Morgan fingerprint density at radius 2 is 2.00 bits per heavy atom. The lowest BCUT2D eigenvalue weighted by Crippen LogP contribution is -2.27. The van der Waals surface area contributed by atoms with Crippen molar-refractivity contribution in [2.75, 3.05) is 6.61 Å². The number of hydrogen-bond acceptors (Lipinski definition) is 2. The molecule has 0 spiro atoms. The summed E-state index contributed by atoms with van der Waals surface area (Å²) < 4.78 is 5.73. The van der Waals surface area contributed by atoms with Crippen LogP contribution in [0.4, 0.5) is 0 Å². The molecule has 96 valence electrons. The van der Waals surface area contributed by atoms with Crippen LogP contribution in [0.25, 0.3) is 0 Å². The maximum atomic E-state index is 5.93. The maximum absolute atomic E-state index is 5.93. The average Bonchev–Trinajstić information content (AvgIpc) is 2.26. The first-order chi connectivity index (χ1) is 7.93. The highest BCUT2D eigenvalue weighted by atomic mass is 16.5. The summed E-state index contributed by atoms with van der Waals surface area (Å²) in [5.74, 6) is 0.920. The van der Waals surface area contributed by atoms with Gasteiger partial charge in [-0.1, -0.05) is 46.2 Å². The van der Waals surface area contributed by atoms with E-state index in [9.17, 15) is 0 Å². The standard InChI is InChI=1S/C15H25NO/c1-5-7-13(16)11-17-14-9-6-8-12(10-14)15(2,3)4/h6,8-10,13H,5,7,11,16H2,1-4H3. The molecular formula is C15H25NO. The molecule has 0 aliphatic carbocycles. The molecule has 0 aliphatic heterocycles. The summed E-state index contributed by atoms with van der Waals surface area (Å²) in [5, 5.41) is 0. The molecule has 17 heavy (non-hydrogen) atoms. The van der Waals surface area contributed by atoms with Gasteiger partial charge in [0.2, 0.25) is 0 Å². The SMILES string of the molecule is CCCC(N)COc1cccc(C(C)(C)C)c1. The van der Waals surface area contributed by atoms with Gasteiger partial charge in [-0.25, -0.2) is 0 Å². The zero-order valence-corrected chi connectivity index (χ0v) is 11.5. The Kier molecular flexibility index (Phi) is 5.01. The van der Waals surface area contributed by atoms with Crippen molar-refractivity contribution in [2.45, 2.75) is 52.0 Å². The predicted molar refractivity (Wildman–Crippen MR) is 73.5 cm³/mol. The second-order valence-corrected chi connectivity index (χ2v) is 5.64. The molecule has 0 amide bonds. The van der Waals surface area contributed by atoms with Crippen LogP contribution < -0.4 is 10.5 Å². The first-order valence-corrected chi connectivity index (χ1v) is 6.42. The number of ether oxygens (including phenoxy) is 1. The van der Waals surface area contributed by atoms with Gasteiger partial charge in [-0.15, -0.1) is 0 Å². The van der Waals surface area contributed by atoms with Crippen molar-refractivity contribution in [1.82, 2.24) is 0 Å². The minimum absolute atomic E-state index is 0.137. The van der Waals surface area contributed by atoms with E-state index in [1.165, 1.54) is 5.56 Å². The van der Waals surface area contributed by atoms with Gasteiger partial charge >= 0.3 is 0 Å².